The van der Waals surface area contributed by atoms with Crippen LogP contribution >= 0.6 is 11.6 Å². The topological polar surface area (TPSA) is 43.9 Å². The van der Waals surface area contributed by atoms with E-state index in [0.717, 1.165) is 29.0 Å². The Morgan fingerprint density at radius 2 is 2.15 bits per heavy atom. The molecular weight excluding hydrogens is 274 g/mol. The Kier molecular flexibility index (Phi) is 3.49. The van der Waals surface area contributed by atoms with E-state index in [4.69, 9.17) is 16.0 Å². The number of halogens is 1. The van der Waals surface area contributed by atoms with Gasteiger partial charge in [0, 0.05) is 6.42 Å². The summed E-state index contributed by atoms with van der Waals surface area (Å²) in [6, 6.07) is 8.00. The van der Waals surface area contributed by atoms with Gasteiger partial charge in [-0.1, -0.05) is 19.1 Å². The zero-order chi connectivity index (χ0) is 14.1. The second kappa shape index (κ2) is 5.29. The molecule has 104 valence electrons. The van der Waals surface area contributed by atoms with E-state index in [1.165, 1.54) is 0 Å². The van der Waals surface area contributed by atoms with Crippen LogP contribution in [0.5, 0.6) is 0 Å². The monoisotopic (exact) mass is 289 g/mol. The fraction of sp³-hybridized carbons (Fsp3) is 0.333. The van der Waals surface area contributed by atoms with Gasteiger partial charge >= 0.3 is 0 Å². The van der Waals surface area contributed by atoms with Gasteiger partial charge in [0.1, 0.15) is 18.1 Å². The van der Waals surface area contributed by atoms with Crippen LogP contribution in [-0.4, -0.2) is 14.5 Å². The van der Waals surface area contributed by atoms with E-state index in [0.29, 0.717) is 12.4 Å². The Morgan fingerprint density at radius 1 is 1.35 bits per heavy atom. The molecule has 1 aromatic carbocycles. The number of alkyl halides is 1. The van der Waals surface area contributed by atoms with Crippen LogP contribution in [-0.2, 0) is 13.0 Å². The van der Waals surface area contributed by atoms with Crippen LogP contribution in [0.4, 0.5) is 0 Å². The van der Waals surface area contributed by atoms with Crippen molar-refractivity contribution in [3.63, 3.8) is 0 Å². The molecule has 0 aliphatic heterocycles. The smallest absolute Gasteiger partial charge is 0.214 e. The lowest BCUT2D eigenvalue weighted by atomic mass is 10.3. The summed E-state index contributed by atoms with van der Waals surface area (Å²) < 4.78 is 7.75. The molecular formula is C15H16ClN3O. The van der Waals surface area contributed by atoms with E-state index in [2.05, 4.69) is 14.5 Å². The molecule has 1 unspecified atom stereocenters. The van der Waals surface area contributed by atoms with Gasteiger partial charge in [0.05, 0.1) is 22.6 Å². The molecule has 0 N–H and O–H groups in total. The molecule has 1 atom stereocenters. The first kappa shape index (κ1) is 13.2. The zero-order valence-electron chi connectivity index (χ0n) is 11.5. The highest BCUT2D eigenvalue weighted by Crippen LogP contribution is 2.25. The van der Waals surface area contributed by atoms with Gasteiger partial charge in [-0.3, -0.25) is 0 Å². The average molecular weight is 290 g/mol. The van der Waals surface area contributed by atoms with Crippen molar-refractivity contribution in [2.24, 2.45) is 0 Å². The van der Waals surface area contributed by atoms with Gasteiger partial charge in [-0.25, -0.2) is 9.97 Å². The van der Waals surface area contributed by atoms with Gasteiger partial charge in [0.25, 0.3) is 0 Å². The Bertz CT molecular complexity index is 730. The number of hydrogen-bond donors (Lipinski definition) is 0. The molecule has 2 aromatic heterocycles. The minimum atomic E-state index is -0.164. The molecule has 0 amide bonds. The number of aryl methyl sites for hydroxylation is 1. The Morgan fingerprint density at radius 3 is 2.85 bits per heavy atom. The van der Waals surface area contributed by atoms with E-state index in [9.17, 15) is 0 Å². The highest BCUT2D eigenvalue weighted by Gasteiger charge is 2.16. The summed E-state index contributed by atoms with van der Waals surface area (Å²) in [6.07, 6.45) is 2.62. The molecule has 3 rings (SSSR count). The van der Waals surface area contributed by atoms with Gasteiger partial charge in [0.2, 0.25) is 5.89 Å². The van der Waals surface area contributed by atoms with Crippen LogP contribution < -0.4 is 0 Å². The molecule has 0 spiro atoms. The van der Waals surface area contributed by atoms with Crippen LogP contribution in [0.25, 0.3) is 11.0 Å². The number of rotatable bonds is 4. The number of imidazole rings is 1. The van der Waals surface area contributed by atoms with Gasteiger partial charge in [-0.2, -0.15) is 0 Å². The number of para-hydroxylation sites is 2. The maximum absolute atomic E-state index is 6.24. The van der Waals surface area contributed by atoms with Crippen molar-refractivity contribution in [3.8, 4) is 0 Å². The van der Waals surface area contributed by atoms with E-state index >= 15 is 0 Å². The summed E-state index contributed by atoms with van der Waals surface area (Å²) in [6.45, 7) is 4.52. The maximum atomic E-state index is 6.24. The molecule has 0 saturated carbocycles. The van der Waals surface area contributed by atoms with Gasteiger partial charge in [-0.05, 0) is 19.1 Å². The first-order valence-corrected chi connectivity index (χ1v) is 7.15. The third-order valence-electron chi connectivity index (χ3n) is 3.28. The summed E-state index contributed by atoms with van der Waals surface area (Å²) in [5, 5.41) is -0.164. The molecule has 0 bridgehead atoms. The normalized spacial score (nSPS) is 12.9. The third kappa shape index (κ3) is 2.31. The Hall–Kier alpha value is -1.81. The first-order chi connectivity index (χ1) is 9.69. The first-order valence-electron chi connectivity index (χ1n) is 6.72. The predicted octanol–water partition coefficient (Wildman–Crippen LogP) is 3.93. The molecule has 0 aliphatic rings. The van der Waals surface area contributed by atoms with Crippen molar-refractivity contribution in [3.05, 3.63) is 47.9 Å². The van der Waals surface area contributed by atoms with Crippen LogP contribution in [0.2, 0.25) is 0 Å². The van der Waals surface area contributed by atoms with Crippen LogP contribution in [0.3, 0.4) is 0 Å². The second-order valence-corrected chi connectivity index (χ2v) is 5.39. The van der Waals surface area contributed by atoms with Crippen molar-refractivity contribution in [2.75, 3.05) is 0 Å². The summed E-state index contributed by atoms with van der Waals surface area (Å²) in [4.78, 5) is 8.91. The molecule has 0 fully saturated rings. The second-order valence-electron chi connectivity index (χ2n) is 4.73. The van der Waals surface area contributed by atoms with E-state index < -0.39 is 0 Å². The number of aromatic nitrogens is 3. The zero-order valence-corrected chi connectivity index (χ0v) is 12.3. The molecule has 20 heavy (non-hydrogen) atoms. The minimum absolute atomic E-state index is 0.164. The van der Waals surface area contributed by atoms with E-state index in [1.54, 1.807) is 6.20 Å². The lowest BCUT2D eigenvalue weighted by Crippen LogP contribution is -2.06. The number of nitrogens with zero attached hydrogens (tertiary/aromatic N) is 3. The maximum Gasteiger partial charge on any atom is 0.214 e. The number of oxazole rings is 1. The van der Waals surface area contributed by atoms with Crippen molar-refractivity contribution in [1.82, 2.24) is 14.5 Å². The summed E-state index contributed by atoms with van der Waals surface area (Å²) >= 11 is 6.24. The van der Waals surface area contributed by atoms with Crippen LogP contribution in [0.15, 0.2) is 34.9 Å². The molecule has 5 heteroatoms. The molecule has 0 saturated heterocycles. The highest BCUT2D eigenvalue weighted by molar-refractivity contribution is 6.20. The lowest BCUT2D eigenvalue weighted by molar-refractivity contribution is 0.445. The van der Waals surface area contributed by atoms with Crippen LogP contribution in [0.1, 0.15) is 36.7 Å². The highest BCUT2D eigenvalue weighted by atomic mass is 35.5. The quantitative estimate of drug-likeness (QED) is 0.683. The number of fused-ring (bicyclic) bond motifs is 1. The van der Waals surface area contributed by atoms with Crippen molar-refractivity contribution in [1.29, 1.82) is 0 Å². The summed E-state index contributed by atoms with van der Waals surface area (Å²) in [5.74, 6) is 2.41. The molecule has 2 heterocycles. The summed E-state index contributed by atoms with van der Waals surface area (Å²) in [5.41, 5.74) is 1.99. The number of benzene rings is 1. The molecule has 3 aromatic rings. The lowest BCUT2D eigenvalue weighted by Gasteiger charge is -2.08. The third-order valence-corrected chi connectivity index (χ3v) is 3.48. The molecule has 0 radical (unpaired) electrons. The van der Waals surface area contributed by atoms with E-state index in [-0.39, 0.29) is 5.38 Å². The van der Waals surface area contributed by atoms with Crippen molar-refractivity contribution in [2.45, 2.75) is 32.2 Å². The SMILES string of the molecule is CCc1cnc(Cn2c(C(C)Cl)nc3ccccc32)o1. The number of hydrogen-bond acceptors (Lipinski definition) is 3. The molecule has 0 aliphatic carbocycles. The van der Waals surface area contributed by atoms with Crippen molar-refractivity contribution >= 4 is 22.6 Å². The predicted molar refractivity (Wildman–Crippen MR) is 79.0 cm³/mol. The van der Waals surface area contributed by atoms with Crippen LogP contribution in [0, 0.1) is 0 Å². The standard InChI is InChI=1S/C15H16ClN3O/c1-3-11-8-17-14(20-11)9-19-13-7-5-4-6-12(13)18-15(19)10(2)16/h4-8,10H,3,9H2,1-2H3. The minimum Gasteiger partial charge on any atom is -0.444 e. The Balaban J connectivity index is 2.06. The van der Waals surface area contributed by atoms with Gasteiger partial charge in [0.15, 0.2) is 0 Å². The van der Waals surface area contributed by atoms with Gasteiger partial charge in [-0.15, -0.1) is 11.6 Å². The Labute approximate surface area is 122 Å². The largest absolute Gasteiger partial charge is 0.444 e. The fourth-order valence-corrected chi connectivity index (χ4v) is 2.45. The summed E-state index contributed by atoms with van der Waals surface area (Å²) in [7, 11) is 0. The molecule has 4 nitrogen and oxygen atoms in total. The fourth-order valence-electron chi connectivity index (χ4n) is 2.28. The average Bonchev–Trinajstić information content (AvgIpc) is 3.04. The van der Waals surface area contributed by atoms with Gasteiger partial charge < -0.3 is 8.98 Å². The van der Waals surface area contributed by atoms with E-state index in [1.807, 2.05) is 38.1 Å². The van der Waals surface area contributed by atoms with Crippen molar-refractivity contribution < 1.29 is 4.42 Å².